The van der Waals surface area contributed by atoms with Gasteiger partial charge in [0.05, 0.1) is 0 Å². The molecule has 0 spiro atoms. The molecule has 0 aromatic heterocycles. The molecule has 1 N–H and O–H groups in total. The van der Waals surface area contributed by atoms with E-state index in [1.54, 1.807) is 0 Å². The minimum absolute atomic E-state index is 0.395. The molecular weight excluding hydrogens is 448 g/mol. The zero-order chi connectivity index (χ0) is 26.9. The third kappa shape index (κ3) is 31.6. The van der Waals surface area contributed by atoms with Crippen LogP contribution in [0.2, 0.25) is 0 Å². The van der Waals surface area contributed by atoms with Crippen molar-refractivity contribution in [2.24, 2.45) is 5.92 Å². The maximum absolute atomic E-state index is 9.74. The van der Waals surface area contributed by atoms with E-state index in [1.807, 2.05) is 0 Å². The van der Waals surface area contributed by atoms with Gasteiger partial charge < -0.3 is 5.11 Å². The lowest BCUT2D eigenvalue weighted by Crippen LogP contribution is -2.06. The maximum Gasteiger partial charge on any atom is 0.0459 e. The smallest absolute Gasteiger partial charge is 0.0459 e. The van der Waals surface area contributed by atoms with Crippen LogP contribution in [0, 0.1) is 5.92 Å². The van der Waals surface area contributed by atoms with E-state index >= 15 is 0 Å². The average molecular weight is 519 g/mol. The molecule has 220 valence electrons. The summed E-state index contributed by atoms with van der Waals surface area (Å²) in [6, 6.07) is 0. The first-order chi connectivity index (χ1) is 18.3. The summed E-state index contributed by atoms with van der Waals surface area (Å²) in [4.78, 5) is 0. The van der Waals surface area contributed by atoms with Crippen molar-refractivity contribution in [2.45, 2.75) is 194 Å². The summed E-state index contributed by atoms with van der Waals surface area (Å²) in [6.45, 7) is 4.97. The largest absolute Gasteiger partial charge is 0.396 e. The lowest BCUT2D eigenvalue weighted by atomic mass is 9.95. The number of aliphatic hydroxyl groups excluding tert-OH is 1. The van der Waals surface area contributed by atoms with Crippen LogP contribution in [0.3, 0.4) is 0 Å². The van der Waals surface area contributed by atoms with Gasteiger partial charge in [-0.1, -0.05) is 154 Å². The molecule has 0 aromatic rings. The van der Waals surface area contributed by atoms with E-state index in [1.165, 1.54) is 180 Å². The van der Waals surface area contributed by atoms with Gasteiger partial charge in [0.1, 0.15) is 0 Å². The summed E-state index contributed by atoms with van der Waals surface area (Å²) in [5.41, 5.74) is 0. The second-order valence-corrected chi connectivity index (χ2v) is 11.8. The van der Waals surface area contributed by atoms with Gasteiger partial charge in [-0.15, -0.1) is 0 Å². The summed E-state index contributed by atoms with van der Waals surface area (Å²) in [5, 5.41) is 9.74. The Morgan fingerprint density at radius 3 is 0.946 bits per heavy atom. The SMILES string of the molecule is CCCCCCCC/C=C/CCCCCCCCC(CO)CCCCCC/C=C/CCCCCCCC. The Morgan fingerprint density at radius 1 is 0.378 bits per heavy atom. The molecule has 0 aromatic carbocycles. The molecule has 0 saturated heterocycles. The Hall–Kier alpha value is -0.560. The van der Waals surface area contributed by atoms with Crippen LogP contribution in [0.15, 0.2) is 24.3 Å². The molecule has 1 nitrogen and oxygen atoms in total. The van der Waals surface area contributed by atoms with E-state index in [9.17, 15) is 5.11 Å². The quantitative estimate of drug-likeness (QED) is 0.0714. The normalized spacial score (nSPS) is 12.8. The van der Waals surface area contributed by atoms with E-state index in [2.05, 4.69) is 38.2 Å². The first kappa shape index (κ1) is 36.4. The van der Waals surface area contributed by atoms with E-state index in [-0.39, 0.29) is 0 Å². The van der Waals surface area contributed by atoms with Crippen molar-refractivity contribution >= 4 is 0 Å². The van der Waals surface area contributed by atoms with Gasteiger partial charge in [-0.05, 0) is 70.1 Å². The number of rotatable bonds is 31. The van der Waals surface area contributed by atoms with Crippen molar-refractivity contribution in [3.05, 3.63) is 24.3 Å². The third-order valence-corrected chi connectivity index (χ3v) is 8.01. The second kappa shape index (κ2) is 33.5. The van der Waals surface area contributed by atoms with Gasteiger partial charge in [0.15, 0.2) is 0 Å². The van der Waals surface area contributed by atoms with Crippen molar-refractivity contribution in [2.75, 3.05) is 6.61 Å². The van der Waals surface area contributed by atoms with Crippen molar-refractivity contribution in [3.8, 4) is 0 Å². The predicted octanol–water partition coefficient (Wildman–Crippen LogP) is 12.7. The molecule has 0 aliphatic rings. The Labute approximate surface area is 235 Å². The Morgan fingerprint density at radius 2 is 0.649 bits per heavy atom. The van der Waals surface area contributed by atoms with Crippen LogP contribution in [0.4, 0.5) is 0 Å². The maximum atomic E-state index is 9.74. The number of allylic oxidation sites excluding steroid dienone is 4. The van der Waals surface area contributed by atoms with Gasteiger partial charge >= 0.3 is 0 Å². The van der Waals surface area contributed by atoms with Gasteiger partial charge in [0.2, 0.25) is 0 Å². The van der Waals surface area contributed by atoms with Gasteiger partial charge in [-0.25, -0.2) is 0 Å². The molecule has 0 rings (SSSR count). The van der Waals surface area contributed by atoms with Crippen molar-refractivity contribution in [1.29, 1.82) is 0 Å². The highest BCUT2D eigenvalue weighted by Gasteiger charge is 2.06. The first-order valence-corrected chi connectivity index (χ1v) is 17.3. The molecule has 0 aliphatic heterocycles. The molecule has 0 bridgehead atoms. The van der Waals surface area contributed by atoms with Crippen molar-refractivity contribution < 1.29 is 5.11 Å². The minimum Gasteiger partial charge on any atom is -0.396 e. The number of unbranched alkanes of at least 4 members (excludes halogenated alkanes) is 22. The first-order valence-electron chi connectivity index (χ1n) is 17.3. The second-order valence-electron chi connectivity index (χ2n) is 11.8. The molecule has 1 heteroatoms. The highest BCUT2D eigenvalue weighted by Crippen LogP contribution is 2.19. The standard InChI is InChI=1S/C36H70O/c1-3-5-7-9-11-13-15-17-19-20-22-24-26-28-30-32-34-36(35-37)33-31-29-27-25-23-21-18-16-14-12-10-8-6-4-2/h17-19,21,36-37H,3-16,20,22-35H2,1-2H3/b19-17+,21-18+. The number of hydrogen-bond acceptors (Lipinski definition) is 1. The molecule has 0 fully saturated rings. The van der Waals surface area contributed by atoms with Crippen LogP contribution in [0.1, 0.15) is 194 Å². The Bertz CT molecular complexity index is 452. The highest BCUT2D eigenvalue weighted by molar-refractivity contribution is 4.82. The van der Waals surface area contributed by atoms with Crippen LogP contribution in [0.5, 0.6) is 0 Å². The van der Waals surface area contributed by atoms with E-state index in [0.29, 0.717) is 12.5 Å². The zero-order valence-corrected chi connectivity index (χ0v) is 25.8. The molecule has 1 unspecified atom stereocenters. The number of hydrogen-bond donors (Lipinski definition) is 1. The molecule has 0 saturated carbocycles. The van der Waals surface area contributed by atoms with E-state index < -0.39 is 0 Å². The van der Waals surface area contributed by atoms with Crippen molar-refractivity contribution in [3.63, 3.8) is 0 Å². The zero-order valence-electron chi connectivity index (χ0n) is 25.8. The third-order valence-electron chi connectivity index (χ3n) is 8.01. The fourth-order valence-corrected chi connectivity index (χ4v) is 5.33. The van der Waals surface area contributed by atoms with Crippen molar-refractivity contribution in [1.82, 2.24) is 0 Å². The summed E-state index contributed by atoms with van der Waals surface area (Å²) < 4.78 is 0. The van der Waals surface area contributed by atoms with Gasteiger partial charge in [0, 0.05) is 6.61 Å². The van der Waals surface area contributed by atoms with Crippen LogP contribution in [-0.4, -0.2) is 11.7 Å². The lowest BCUT2D eigenvalue weighted by molar-refractivity contribution is 0.204. The average Bonchev–Trinajstić information content (AvgIpc) is 2.91. The van der Waals surface area contributed by atoms with Crippen LogP contribution in [0.25, 0.3) is 0 Å². The van der Waals surface area contributed by atoms with Gasteiger partial charge in [-0.2, -0.15) is 0 Å². The Kier molecular flexibility index (Phi) is 33.0. The summed E-state index contributed by atoms with van der Waals surface area (Å²) >= 11 is 0. The molecule has 0 heterocycles. The molecule has 37 heavy (non-hydrogen) atoms. The topological polar surface area (TPSA) is 20.2 Å². The summed E-state index contributed by atoms with van der Waals surface area (Å²) in [6.07, 6.45) is 47.6. The summed E-state index contributed by atoms with van der Waals surface area (Å²) in [7, 11) is 0. The van der Waals surface area contributed by atoms with Crippen LogP contribution in [-0.2, 0) is 0 Å². The highest BCUT2D eigenvalue weighted by atomic mass is 16.3. The lowest BCUT2D eigenvalue weighted by Gasteiger charge is -2.13. The fraction of sp³-hybridized carbons (Fsp3) is 0.889. The van der Waals surface area contributed by atoms with Crippen LogP contribution < -0.4 is 0 Å². The monoisotopic (exact) mass is 519 g/mol. The van der Waals surface area contributed by atoms with Crippen LogP contribution >= 0.6 is 0 Å². The fourth-order valence-electron chi connectivity index (χ4n) is 5.33. The molecule has 0 amide bonds. The molecular formula is C36H70O. The molecule has 0 aliphatic carbocycles. The van der Waals surface area contributed by atoms with Gasteiger partial charge in [-0.3, -0.25) is 0 Å². The molecule has 1 atom stereocenters. The predicted molar refractivity (Wildman–Crippen MR) is 169 cm³/mol. The van der Waals surface area contributed by atoms with E-state index in [0.717, 1.165) is 0 Å². The van der Waals surface area contributed by atoms with E-state index in [4.69, 9.17) is 0 Å². The number of aliphatic hydroxyl groups is 1. The molecule has 0 radical (unpaired) electrons. The summed E-state index contributed by atoms with van der Waals surface area (Å²) in [5.74, 6) is 0.550. The Balaban J connectivity index is 3.35. The minimum atomic E-state index is 0.395. The van der Waals surface area contributed by atoms with Gasteiger partial charge in [0.25, 0.3) is 0 Å².